The van der Waals surface area contributed by atoms with Crippen LogP contribution in [-0.4, -0.2) is 37.7 Å². The summed E-state index contributed by atoms with van der Waals surface area (Å²) in [7, 11) is -3.79. The standard InChI is InChI=1S/C23H20FN3O4S2/c24-16-1-3-20(21(14-16)31-17-6-10-30-11-7-17)22-19-4-2-18(13-15(19)5-8-25-22)33(28,29)27-23-26-9-12-32-23/h1-5,8-9,12-14,17H,6-7,10-11H2,(H,26,27). The number of benzene rings is 2. The minimum atomic E-state index is -3.79. The topological polar surface area (TPSA) is 90.4 Å². The number of fused-ring (bicyclic) bond motifs is 1. The average molecular weight is 486 g/mol. The summed E-state index contributed by atoms with van der Waals surface area (Å²) in [5, 5.41) is 3.41. The zero-order valence-corrected chi connectivity index (χ0v) is 19.0. The smallest absolute Gasteiger partial charge is 0.263 e. The van der Waals surface area contributed by atoms with Crippen molar-refractivity contribution in [3.05, 3.63) is 66.1 Å². The third-order valence-corrected chi connectivity index (χ3v) is 7.52. The summed E-state index contributed by atoms with van der Waals surface area (Å²) in [5.74, 6) is 0.00622. The van der Waals surface area contributed by atoms with Gasteiger partial charge in [-0.1, -0.05) is 6.07 Å². The quantitative estimate of drug-likeness (QED) is 0.420. The number of aromatic nitrogens is 2. The molecule has 10 heteroatoms. The summed E-state index contributed by atoms with van der Waals surface area (Å²) in [6.07, 6.45) is 4.52. The van der Waals surface area contributed by atoms with E-state index in [-0.39, 0.29) is 11.0 Å². The van der Waals surface area contributed by atoms with E-state index in [1.807, 2.05) is 0 Å². The van der Waals surface area contributed by atoms with Gasteiger partial charge in [-0.2, -0.15) is 0 Å². The molecule has 2 aromatic heterocycles. The molecule has 0 amide bonds. The summed E-state index contributed by atoms with van der Waals surface area (Å²) in [6.45, 7) is 1.21. The van der Waals surface area contributed by atoms with Crippen LogP contribution >= 0.6 is 11.3 Å². The predicted molar refractivity (Wildman–Crippen MR) is 125 cm³/mol. The highest BCUT2D eigenvalue weighted by Gasteiger charge is 2.21. The van der Waals surface area contributed by atoms with Crippen molar-refractivity contribution in [1.29, 1.82) is 0 Å². The highest BCUT2D eigenvalue weighted by atomic mass is 32.2. The second kappa shape index (κ2) is 9.05. The Morgan fingerprint density at radius 1 is 1.06 bits per heavy atom. The van der Waals surface area contributed by atoms with Gasteiger partial charge in [0.05, 0.1) is 23.8 Å². The molecular formula is C23H20FN3O4S2. The molecule has 0 spiro atoms. The van der Waals surface area contributed by atoms with E-state index in [1.54, 1.807) is 35.8 Å². The number of hydrogen-bond acceptors (Lipinski definition) is 7. The first-order valence-electron chi connectivity index (χ1n) is 10.3. The van der Waals surface area contributed by atoms with E-state index >= 15 is 0 Å². The monoisotopic (exact) mass is 485 g/mol. The highest BCUT2D eigenvalue weighted by Crippen LogP contribution is 2.36. The third-order valence-electron chi connectivity index (χ3n) is 5.36. The number of hydrogen-bond donors (Lipinski definition) is 1. The molecule has 7 nitrogen and oxygen atoms in total. The number of thiazole rings is 1. The van der Waals surface area contributed by atoms with Crippen LogP contribution in [0.2, 0.25) is 0 Å². The molecule has 3 heterocycles. The Hall–Kier alpha value is -3.08. The zero-order valence-electron chi connectivity index (χ0n) is 17.4. The molecule has 0 atom stereocenters. The van der Waals surface area contributed by atoms with Gasteiger partial charge in [-0.3, -0.25) is 9.71 Å². The summed E-state index contributed by atoms with van der Waals surface area (Å²) in [4.78, 5) is 8.60. The van der Waals surface area contributed by atoms with Gasteiger partial charge < -0.3 is 9.47 Å². The summed E-state index contributed by atoms with van der Waals surface area (Å²) in [6, 6.07) is 10.9. The van der Waals surface area contributed by atoms with Crippen LogP contribution < -0.4 is 9.46 Å². The maximum Gasteiger partial charge on any atom is 0.263 e. The molecule has 170 valence electrons. The highest BCUT2D eigenvalue weighted by molar-refractivity contribution is 7.93. The first kappa shape index (κ1) is 21.7. The number of nitrogens with one attached hydrogen (secondary N) is 1. The van der Waals surface area contributed by atoms with Crippen molar-refractivity contribution in [1.82, 2.24) is 9.97 Å². The molecule has 5 rings (SSSR count). The van der Waals surface area contributed by atoms with Gasteiger partial charge in [0.15, 0.2) is 5.13 Å². The van der Waals surface area contributed by atoms with Crippen LogP contribution in [0.5, 0.6) is 5.75 Å². The lowest BCUT2D eigenvalue weighted by molar-refractivity contribution is 0.0257. The molecule has 1 aliphatic rings. The van der Waals surface area contributed by atoms with Crippen molar-refractivity contribution in [2.24, 2.45) is 0 Å². The second-order valence-electron chi connectivity index (χ2n) is 7.56. The van der Waals surface area contributed by atoms with E-state index in [0.717, 1.165) is 18.2 Å². The fourth-order valence-corrected chi connectivity index (χ4v) is 5.57. The van der Waals surface area contributed by atoms with Crippen LogP contribution in [-0.2, 0) is 14.8 Å². The molecule has 2 aromatic carbocycles. The summed E-state index contributed by atoms with van der Waals surface area (Å²) < 4.78 is 53.6. The van der Waals surface area contributed by atoms with Gasteiger partial charge in [-0.15, -0.1) is 11.3 Å². The Balaban J connectivity index is 1.53. The largest absolute Gasteiger partial charge is 0.489 e. The maximum atomic E-state index is 14.1. The number of ether oxygens (including phenoxy) is 2. The Kier molecular flexibility index (Phi) is 5.96. The third kappa shape index (κ3) is 4.68. The zero-order chi connectivity index (χ0) is 22.8. The Morgan fingerprint density at radius 3 is 2.70 bits per heavy atom. The van der Waals surface area contributed by atoms with E-state index in [9.17, 15) is 12.8 Å². The molecule has 1 N–H and O–H groups in total. The van der Waals surface area contributed by atoms with E-state index < -0.39 is 15.8 Å². The molecule has 1 saturated heterocycles. The van der Waals surface area contributed by atoms with E-state index in [4.69, 9.17) is 9.47 Å². The second-order valence-corrected chi connectivity index (χ2v) is 10.1. The first-order chi connectivity index (χ1) is 16.0. The van der Waals surface area contributed by atoms with Crippen molar-refractivity contribution >= 4 is 37.3 Å². The van der Waals surface area contributed by atoms with Crippen LogP contribution in [0.15, 0.2) is 65.1 Å². The van der Waals surface area contributed by atoms with Gasteiger partial charge in [-0.25, -0.2) is 17.8 Å². The minimum Gasteiger partial charge on any atom is -0.489 e. The van der Waals surface area contributed by atoms with Gasteiger partial charge in [-0.05, 0) is 35.7 Å². The van der Waals surface area contributed by atoms with Gasteiger partial charge in [0.2, 0.25) is 0 Å². The molecule has 1 aliphatic heterocycles. The maximum absolute atomic E-state index is 14.1. The number of anilines is 1. The molecule has 0 aliphatic carbocycles. The van der Waals surface area contributed by atoms with E-state index in [1.165, 1.54) is 35.7 Å². The molecule has 0 bridgehead atoms. The van der Waals surface area contributed by atoms with Crippen LogP contribution in [0.1, 0.15) is 12.8 Å². The summed E-state index contributed by atoms with van der Waals surface area (Å²) >= 11 is 1.20. The van der Waals surface area contributed by atoms with Crippen LogP contribution in [0.3, 0.4) is 0 Å². The van der Waals surface area contributed by atoms with Crippen molar-refractivity contribution in [2.75, 3.05) is 17.9 Å². The van der Waals surface area contributed by atoms with Crippen LogP contribution in [0.4, 0.5) is 9.52 Å². The molecular weight excluding hydrogens is 465 g/mol. The molecule has 0 unspecified atom stereocenters. The van der Waals surface area contributed by atoms with Crippen LogP contribution in [0, 0.1) is 5.82 Å². The molecule has 1 fully saturated rings. The molecule has 0 saturated carbocycles. The average Bonchev–Trinajstić information content (AvgIpc) is 3.32. The number of rotatable bonds is 6. The van der Waals surface area contributed by atoms with E-state index in [0.29, 0.717) is 40.7 Å². The number of halogens is 1. The Bertz CT molecular complexity index is 1390. The van der Waals surface area contributed by atoms with Gasteiger partial charge in [0, 0.05) is 47.6 Å². The van der Waals surface area contributed by atoms with Crippen molar-refractivity contribution in [3.8, 4) is 17.0 Å². The van der Waals surface area contributed by atoms with Crippen molar-refractivity contribution in [2.45, 2.75) is 23.8 Å². The first-order valence-corrected chi connectivity index (χ1v) is 12.7. The van der Waals surface area contributed by atoms with Gasteiger partial charge in [0.1, 0.15) is 17.7 Å². The number of sulfonamides is 1. The molecule has 0 radical (unpaired) electrons. The van der Waals surface area contributed by atoms with Gasteiger partial charge >= 0.3 is 0 Å². The lowest BCUT2D eigenvalue weighted by atomic mass is 10.0. The van der Waals surface area contributed by atoms with Crippen molar-refractivity contribution < 1.29 is 22.3 Å². The normalized spacial score (nSPS) is 14.9. The Morgan fingerprint density at radius 2 is 1.91 bits per heavy atom. The fourth-order valence-electron chi connectivity index (χ4n) is 3.75. The lowest BCUT2D eigenvalue weighted by Gasteiger charge is -2.24. The SMILES string of the molecule is O=S(=O)(Nc1nccs1)c1ccc2c(-c3ccc(F)cc3OC3CCOCC3)nccc2c1. The Labute approximate surface area is 194 Å². The minimum absolute atomic E-state index is 0.0667. The lowest BCUT2D eigenvalue weighted by Crippen LogP contribution is -2.26. The van der Waals surface area contributed by atoms with Crippen molar-refractivity contribution in [3.63, 3.8) is 0 Å². The van der Waals surface area contributed by atoms with E-state index in [2.05, 4.69) is 14.7 Å². The summed E-state index contributed by atoms with van der Waals surface area (Å²) in [5.41, 5.74) is 1.23. The van der Waals surface area contributed by atoms with Gasteiger partial charge in [0.25, 0.3) is 10.0 Å². The number of nitrogens with zero attached hydrogens (tertiary/aromatic N) is 2. The number of pyridine rings is 1. The molecule has 33 heavy (non-hydrogen) atoms. The van der Waals surface area contributed by atoms with Crippen LogP contribution in [0.25, 0.3) is 22.0 Å². The predicted octanol–water partition coefficient (Wildman–Crippen LogP) is 4.86. The molecule has 4 aromatic rings. The fraction of sp³-hybridized carbons (Fsp3) is 0.217.